The lowest BCUT2D eigenvalue weighted by Crippen LogP contribution is -2.41. The number of terminal acetylenes is 1. The Bertz CT molecular complexity index is 270. The van der Waals surface area contributed by atoms with Gasteiger partial charge in [-0.15, -0.1) is 12.3 Å². The molecular formula is C13H21NO2. The van der Waals surface area contributed by atoms with E-state index in [-0.39, 0.29) is 24.0 Å². The summed E-state index contributed by atoms with van der Waals surface area (Å²) in [6, 6.07) is 0.107. The van der Waals surface area contributed by atoms with Gasteiger partial charge in [0.15, 0.2) is 0 Å². The van der Waals surface area contributed by atoms with Crippen molar-refractivity contribution >= 4 is 5.91 Å². The minimum Gasteiger partial charge on any atom is -0.377 e. The second-order valence-electron chi connectivity index (χ2n) is 4.23. The molecule has 1 aliphatic heterocycles. The SMILES string of the molecule is C#CCC(CC)NC(=O)C1CCOC1CC. The van der Waals surface area contributed by atoms with Crippen LogP contribution in [0.4, 0.5) is 0 Å². The number of rotatable bonds is 5. The maximum absolute atomic E-state index is 12.0. The summed E-state index contributed by atoms with van der Waals surface area (Å²) in [6.45, 7) is 4.78. The van der Waals surface area contributed by atoms with Gasteiger partial charge in [-0.1, -0.05) is 13.8 Å². The molecule has 3 unspecified atom stereocenters. The fraction of sp³-hybridized carbons (Fsp3) is 0.769. The van der Waals surface area contributed by atoms with E-state index in [4.69, 9.17) is 11.2 Å². The van der Waals surface area contributed by atoms with Crippen LogP contribution in [-0.4, -0.2) is 24.7 Å². The molecule has 3 atom stereocenters. The predicted molar refractivity (Wildman–Crippen MR) is 63.8 cm³/mol. The average molecular weight is 223 g/mol. The van der Waals surface area contributed by atoms with Crippen molar-refractivity contribution in [2.75, 3.05) is 6.61 Å². The summed E-state index contributed by atoms with van der Waals surface area (Å²) in [5.41, 5.74) is 0. The molecular weight excluding hydrogens is 202 g/mol. The van der Waals surface area contributed by atoms with E-state index < -0.39 is 0 Å². The van der Waals surface area contributed by atoms with Gasteiger partial charge in [-0.3, -0.25) is 4.79 Å². The third-order valence-electron chi connectivity index (χ3n) is 3.15. The molecule has 16 heavy (non-hydrogen) atoms. The summed E-state index contributed by atoms with van der Waals surface area (Å²) in [5, 5.41) is 3.01. The van der Waals surface area contributed by atoms with E-state index in [0.29, 0.717) is 13.0 Å². The Balaban J connectivity index is 2.47. The molecule has 1 N–H and O–H groups in total. The standard InChI is InChI=1S/C13H21NO2/c1-4-7-10(5-2)14-13(15)11-8-9-16-12(11)6-3/h1,10-12H,5-9H2,2-3H3,(H,14,15). The number of carbonyl (C=O) groups excluding carboxylic acids is 1. The number of hydrogen-bond acceptors (Lipinski definition) is 2. The molecule has 0 bridgehead atoms. The molecule has 1 aliphatic rings. The summed E-state index contributed by atoms with van der Waals surface area (Å²) < 4.78 is 5.51. The Morgan fingerprint density at radius 2 is 2.38 bits per heavy atom. The van der Waals surface area contributed by atoms with Crippen molar-refractivity contribution in [3.63, 3.8) is 0 Å². The molecule has 0 spiro atoms. The lowest BCUT2D eigenvalue weighted by atomic mass is 9.98. The van der Waals surface area contributed by atoms with Crippen molar-refractivity contribution in [1.82, 2.24) is 5.32 Å². The van der Waals surface area contributed by atoms with Crippen LogP contribution in [0, 0.1) is 18.3 Å². The molecule has 0 aromatic carbocycles. The topological polar surface area (TPSA) is 38.3 Å². The van der Waals surface area contributed by atoms with Crippen LogP contribution in [0.3, 0.4) is 0 Å². The minimum absolute atomic E-state index is 0.0109. The average Bonchev–Trinajstić information content (AvgIpc) is 2.76. The summed E-state index contributed by atoms with van der Waals surface area (Å²) >= 11 is 0. The first-order chi connectivity index (χ1) is 7.72. The normalized spacial score (nSPS) is 26.1. The van der Waals surface area contributed by atoms with Crippen LogP contribution >= 0.6 is 0 Å². The molecule has 0 aliphatic carbocycles. The van der Waals surface area contributed by atoms with Crippen LogP contribution in [0.15, 0.2) is 0 Å². The zero-order valence-corrected chi connectivity index (χ0v) is 10.2. The first-order valence-electron chi connectivity index (χ1n) is 6.08. The highest BCUT2D eigenvalue weighted by Gasteiger charge is 2.33. The summed E-state index contributed by atoms with van der Waals surface area (Å²) in [5.74, 6) is 2.71. The second-order valence-corrected chi connectivity index (χ2v) is 4.23. The number of amides is 1. The van der Waals surface area contributed by atoms with Crippen LogP contribution < -0.4 is 5.32 Å². The molecule has 1 heterocycles. The van der Waals surface area contributed by atoms with Crippen LogP contribution in [0.1, 0.15) is 39.5 Å². The van der Waals surface area contributed by atoms with Crippen molar-refractivity contribution in [3.05, 3.63) is 0 Å². The second kappa shape index (κ2) is 6.55. The Hall–Kier alpha value is -1.01. The van der Waals surface area contributed by atoms with Crippen molar-refractivity contribution in [1.29, 1.82) is 0 Å². The van der Waals surface area contributed by atoms with E-state index in [0.717, 1.165) is 19.3 Å². The summed E-state index contributed by atoms with van der Waals surface area (Å²) in [7, 11) is 0. The largest absolute Gasteiger partial charge is 0.377 e. The Morgan fingerprint density at radius 1 is 1.62 bits per heavy atom. The third-order valence-corrected chi connectivity index (χ3v) is 3.15. The van der Waals surface area contributed by atoms with Gasteiger partial charge >= 0.3 is 0 Å². The predicted octanol–water partition coefficient (Wildman–Crippen LogP) is 1.72. The van der Waals surface area contributed by atoms with Gasteiger partial charge in [0.05, 0.1) is 12.0 Å². The van der Waals surface area contributed by atoms with Gasteiger partial charge in [0.1, 0.15) is 0 Å². The minimum atomic E-state index is 0.0109. The lowest BCUT2D eigenvalue weighted by molar-refractivity contribution is -0.127. The fourth-order valence-corrected chi connectivity index (χ4v) is 2.10. The van der Waals surface area contributed by atoms with E-state index >= 15 is 0 Å². The molecule has 0 radical (unpaired) electrons. The maximum Gasteiger partial charge on any atom is 0.226 e. The van der Waals surface area contributed by atoms with E-state index in [1.54, 1.807) is 0 Å². The molecule has 0 aromatic rings. The zero-order valence-electron chi connectivity index (χ0n) is 10.2. The molecule has 0 aromatic heterocycles. The van der Waals surface area contributed by atoms with E-state index in [9.17, 15) is 4.79 Å². The Kier molecular flexibility index (Phi) is 5.34. The quantitative estimate of drug-likeness (QED) is 0.721. The van der Waals surface area contributed by atoms with Crippen molar-refractivity contribution in [3.8, 4) is 12.3 Å². The summed E-state index contributed by atoms with van der Waals surface area (Å²) in [6.07, 6.45) is 8.55. The smallest absolute Gasteiger partial charge is 0.226 e. The molecule has 1 saturated heterocycles. The highest BCUT2D eigenvalue weighted by Crippen LogP contribution is 2.23. The summed E-state index contributed by atoms with van der Waals surface area (Å²) in [4.78, 5) is 12.0. The number of carbonyl (C=O) groups is 1. The first kappa shape index (κ1) is 13.1. The molecule has 1 amide bonds. The van der Waals surface area contributed by atoms with E-state index in [2.05, 4.69) is 18.2 Å². The van der Waals surface area contributed by atoms with Gasteiger partial charge in [0, 0.05) is 19.1 Å². The van der Waals surface area contributed by atoms with Crippen molar-refractivity contribution in [2.24, 2.45) is 5.92 Å². The molecule has 3 heteroatoms. The van der Waals surface area contributed by atoms with Gasteiger partial charge in [-0.2, -0.15) is 0 Å². The molecule has 1 fully saturated rings. The lowest BCUT2D eigenvalue weighted by Gasteiger charge is -2.20. The number of ether oxygens (including phenoxy) is 1. The van der Waals surface area contributed by atoms with Gasteiger partial charge in [0.2, 0.25) is 5.91 Å². The highest BCUT2D eigenvalue weighted by molar-refractivity contribution is 5.79. The van der Waals surface area contributed by atoms with Gasteiger partial charge in [-0.25, -0.2) is 0 Å². The molecule has 3 nitrogen and oxygen atoms in total. The number of hydrogen-bond donors (Lipinski definition) is 1. The van der Waals surface area contributed by atoms with Crippen LogP contribution in [0.5, 0.6) is 0 Å². The van der Waals surface area contributed by atoms with E-state index in [1.807, 2.05) is 6.92 Å². The van der Waals surface area contributed by atoms with Gasteiger partial charge < -0.3 is 10.1 Å². The molecule has 1 rings (SSSR count). The molecule has 0 saturated carbocycles. The van der Waals surface area contributed by atoms with E-state index in [1.165, 1.54) is 0 Å². The number of nitrogens with one attached hydrogen (secondary N) is 1. The zero-order chi connectivity index (χ0) is 12.0. The van der Waals surface area contributed by atoms with Gasteiger partial charge in [-0.05, 0) is 19.3 Å². The Labute approximate surface area is 97.9 Å². The monoisotopic (exact) mass is 223 g/mol. The van der Waals surface area contributed by atoms with Crippen molar-refractivity contribution < 1.29 is 9.53 Å². The van der Waals surface area contributed by atoms with Crippen LogP contribution in [-0.2, 0) is 9.53 Å². The fourth-order valence-electron chi connectivity index (χ4n) is 2.10. The van der Waals surface area contributed by atoms with Crippen LogP contribution in [0.25, 0.3) is 0 Å². The maximum atomic E-state index is 12.0. The molecule has 90 valence electrons. The van der Waals surface area contributed by atoms with Gasteiger partial charge in [0.25, 0.3) is 0 Å². The first-order valence-corrected chi connectivity index (χ1v) is 6.08. The Morgan fingerprint density at radius 3 is 2.94 bits per heavy atom. The highest BCUT2D eigenvalue weighted by atomic mass is 16.5. The van der Waals surface area contributed by atoms with Crippen LogP contribution in [0.2, 0.25) is 0 Å². The van der Waals surface area contributed by atoms with Crippen molar-refractivity contribution in [2.45, 2.75) is 51.7 Å². The third kappa shape index (κ3) is 3.24.